The second-order valence-corrected chi connectivity index (χ2v) is 6.15. The molecule has 1 aliphatic rings. The molecular formula is C17H14Cl2N2O2. The first kappa shape index (κ1) is 15.8. The lowest BCUT2D eigenvalue weighted by atomic mass is 10.1. The summed E-state index contributed by atoms with van der Waals surface area (Å²) in [5, 5.41) is 16.8. The van der Waals surface area contributed by atoms with Gasteiger partial charge in [-0.3, -0.25) is 4.79 Å². The molecular weight excluding hydrogens is 335 g/mol. The van der Waals surface area contributed by atoms with Crippen molar-refractivity contribution in [2.45, 2.75) is 12.8 Å². The number of phenolic OH excluding ortho intramolecular Hbond substituents is 1. The summed E-state index contributed by atoms with van der Waals surface area (Å²) < 4.78 is 0. The van der Waals surface area contributed by atoms with Crippen molar-refractivity contribution in [3.8, 4) is 5.75 Å². The number of carbonyl (C=O) groups is 1. The van der Waals surface area contributed by atoms with Crippen molar-refractivity contribution < 1.29 is 9.90 Å². The minimum absolute atomic E-state index is 0.108. The third kappa shape index (κ3) is 3.66. The van der Waals surface area contributed by atoms with E-state index in [1.807, 2.05) is 12.1 Å². The summed E-state index contributed by atoms with van der Waals surface area (Å²) in [6.07, 6.45) is 0.814. The van der Waals surface area contributed by atoms with E-state index < -0.39 is 0 Å². The van der Waals surface area contributed by atoms with Crippen LogP contribution in [-0.4, -0.2) is 28.3 Å². The van der Waals surface area contributed by atoms with Crippen molar-refractivity contribution in [1.29, 1.82) is 0 Å². The summed E-state index contributed by atoms with van der Waals surface area (Å²) in [6.45, 7) is 0.487. The number of benzene rings is 2. The second kappa shape index (κ2) is 6.60. The quantitative estimate of drug-likeness (QED) is 0.914. The summed E-state index contributed by atoms with van der Waals surface area (Å²) >= 11 is 11.9. The average molecular weight is 349 g/mol. The van der Waals surface area contributed by atoms with E-state index in [4.69, 9.17) is 23.2 Å². The molecule has 1 heterocycles. The van der Waals surface area contributed by atoms with Crippen molar-refractivity contribution in [3.05, 3.63) is 63.6 Å². The zero-order valence-corrected chi connectivity index (χ0v) is 13.7. The van der Waals surface area contributed by atoms with Crippen LogP contribution in [-0.2, 0) is 11.2 Å². The molecule has 0 saturated heterocycles. The topological polar surface area (TPSA) is 52.9 Å². The van der Waals surface area contributed by atoms with Gasteiger partial charge in [-0.15, -0.1) is 0 Å². The number of hydrazone groups is 1. The predicted octanol–water partition coefficient (Wildman–Crippen LogP) is 3.88. The number of hydrogen-bond acceptors (Lipinski definition) is 3. The van der Waals surface area contributed by atoms with Crippen molar-refractivity contribution in [3.63, 3.8) is 0 Å². The van der Waals surface area contributed by atoms with E-state index in [1.54, 1.807) is 24.3 Å². The highest BCUT2D eigenvalue weighted by Crippen LogP contribution is 2.26. The van der Waals surface area contributed by atoms with E-state index in [0.29, 0.717) is 34.3 Å². The van der Waals surface area contributed by atoms with E-state index in [2.05, 4.69) is 5.10 Å². The highest BCUT2D eigenvalue weighted by Gasteiger charge is 2.23. The molecule has 0 fully saturated rings. The summed E-state index contributed by atoms with van der Waals surface area (Å²) in [6, 6.07) is 12.0. The lowest BCUT2D eigenvalue weighted by Gasteiger charge is -2.11. The first-order chi connectivity index (χ1) is 11.0. The van der Waals surface area contributed by atoms with Gasteiger partial charge in [-0.05, 0) is 35.9 Å². The van der Waals surface area contributed by atoms with Crippen LogP contribution in [0.2, 0.25) is 10.0 Å². The highest BCUT2D eigenvalue weighted by atomic mass is 35.5. The molecule has 4 nitrogen and oxygen atoms in total. The van der Waals surface area contributed by atoms with Crippen LogP contribution in [0.25, 0.3) is 0 Å². The van der Waals surface area contributed by atoms with Gasteiger partial charge < -0.3 is 5.11 Å². The Hall–Kier alpha value is -2.04. The maximum Gasteiger partial charge on any atom is 0.247 e. The molecule has 0 saturated carbocycles. The van der Waals surface area contributed by atoms with Gasteiger partial charge in [0, 0.05) is 22.0 Å². The lowest BCUT2D eigenvalue weighted by Crippen LogP contribution is -2.25. The molecule has 0 radical (unpaired) electrons. The van der Waals surface area contributed by atoms with Crippen molar-refractivity contribution >= 4 is 34.8 Å². The number of hydrogen-bond donors (Lipinski definition) is 1. The minimum atomic E-state index is -0.108. The fraction of sp³-hybridized carbons (Fsp3) is 0.176. The molecule has 0 spiro atoms. The van der Waals surface area contributed by atoms with Crippen LogP contribution < -0.4 is 0 Å². The van der Waals surface area contributed by atoms with Crippen molar-refractivity contribution in [2.24, 2.45) is 5.10 Å². The van der Waals surface area contributed by atoms with Gasteiger partial charge in [0.25, 0.3) is 0 Å². The number of nitrogens with zero attached hydrogens (tertiary/aromatic N) is 2. The van der Waals surface area contributed by atoms with Gasteiger partial charge in [0.2, 0.25) is 5.91 Å². The van der Waals surface area contributed by atoms with Gasteiger partial charge in [0.05, 0.1) is 18.7 Å². The van der Waals surface area contributed by atoms with E-state index >= 15 is 0 Å². The number of rotatable bonds is 3. The van der Waals surface area contributed by atoms with Crippen LogP contribution in [0.1, 0.15) is 17.5 Å². The lowest BCUT2D eigenvalue weighted by molar-refractivity contribution is -0.130. The maximum absolute atomic E-state index is 12.3. The Labute approximate surface area is 143 Å². The van der Waals surface area contributed by atoms with E-state index in [9.17, 15) is 9.90 Å². The van der Waals surface area contributed by atoms with E-state index in [-0.39, 0.29) is 18.1 Å². The molecule has 1 aliphatic heterocycles. The summed E-state index contributed by atoms with van der Waals surface area (Å²) in [7, 11) is 0. The molecule has 23 heavy (non-hydrogen) atoms. The first-order valence-corrected chi connectivity index (χ1v) is 7.90. The molecule has 2 aromatic carbocycles. The molecule has 0 aliphatic carbocycles. The van der Waals surface area contributed by atoms with Crippen LogP contribution in [0.15, 0.2) is 47.6 Å². The number of aromatic hydroxyl groups is 1. The van der Waals surface area contributed by atoms with Gasteiger partial charge in [0.15, 0.2) is 0 Å². The van der Waals surface area contributed by atoms with Crippen molar-refractivity contribution in [1.82, 2.24) is 5.01 Å². The molecule has 0 bridgehead atoms. The Morgan fingerprint density at radius 3 is 2.74 bits per heavy atom. The minimum Gasteiger partial charge on any atom is -0.507 e. The molecule has 3 rings (SSSR count). The van der Waals surface area contributed by atoms with Crippen LogP contribution in [0.5, 0.6) is 5.75 Å². The molecule has 0 atom stereocenters. The SMILES string of the molecule is O=C(Cc1cccc(Cl)c1)N1CCC(c2cc(Cl)ccc2O)=N1. The van der Waals surface area contributed by atoms with E-state index in [0.717, 1.165) is 5.56 Å². The molecule has 0 unspecified atom stereocenters. The summed E-state index contributed by atoms with van der Waals surface area (Å²) in [5.41, 5.74) is 2.07. The molecule has 6 heteroatoms. The highest BCUT2D eigenvalue weighted by molar-refractivity contribution is 6.31. The summed E-state index contributed by atoms with van der Waals surface area (Å²) in [5.74, 6) is 0.000995. The third-order valence-corrected chi connectivity index (χ3v) is 4.07. The predicted molar refractivity (Wildman–Crippen MR) is 91.1 cm³/mol. The summed E-state index contributed by atoms with van der Waals surface area (Å²) in [4.78, 5) is 12.3. The zero-order chi connectivity index (χ0) is 16.4. The Bertz CT molecular complexity index is 790. The Kier molecular flexibility index (Phi) is 4.55. The molecule has 1 amide bonds. The molecule has 0 aromatic heterocycles. The Balaban J connectivity index is 1.76. The monoisotopic (exact) mass is 348 g/mol. The van der Waals surface area contributed by atoms with Crippen LogP contribution in [0.3, 0.4) is 0 Å². The number of amides is 1. The van der Waals surface area contributed by atoms with Gasteiger partial charge in [0.1, 0.15) is 5.75 Å². The normalized spacial score (nSPS) is 14.0. The van der Waals surface area contributed by atoms with E-state index in [1.165, 1.54) is 11.1 Å². The molecule has 118 valence electrons. The van der Waals surface area contributed by atoms with Gasteiger partial charge in [-0.1, -0.05) is 35.3 Å². The van der Waals surface area contributed by atoms with Crippen LogP contribution >= 0.6 is 23.2 Å². The number of phenols is 1. The van der Waals surface area contributed by atoms with Crippen LogP contribution in [0, 0.1) is 0 Å². The number of halogens is 2. The molecule has 1 N–H and O–H groups in total. The Morgan fingerprint density at radius 1 is 1.17 bits per heavy atom. The van der Waals surface area contributed by atoms with Gasteiger partial charge >= 0.3 is 0 Å². The maximum atomic E-state index is 12.3. The average Bonchev–Trinajstić information content (AvgIpc) is 2.99. The fourth-order valence-electron chi connectivity index (χ4n) is 2.48. The smallest absolute Gasteiger partial charge is 0.247 e. The Morgan fingerprint density at radius 2 is 1.96 bits per heavy atom. The van der Waals surface area contributed by atoms with Crippen LogP contribution in [0.4, 0.5) is 0 Å². The third-order valence-electron chi connectivity index (χ3n) is 3.60. The second-order valence-electron chi connectivity index (χ2n) is 5.28. The molecule has 2 aromatic rings. The van der Waals surface area contributed by atoms with Crippen molar-refractivity contribution in [2.75, 3.05) is 6.54 Å². The largest absolute Gasteiger partial charge is 0.507 e. The standard InChI is InChI=1S/C17H14Cl2N2O2/c18-12-3-1-2-11(8-12)9-17(23)21-7-6-15(20-21)14-10-13(19)4-5-16(14)22/h1-5,8,10,22H,6-7,9H2. The van der Waals surface area contributed by atoms with Gasteiger partial charge in [-0.2, -0.15) is 5.10 Å². The number of carbonyl (C=O) groups excluding carboxylic acids is 1. The first-order valence-electron chi connectivity index (χ1n) is 7.14. The van der Waals surface area contributed by atoms with Gasteiger partial charge in [-0.25, -0.2) is 5.01 Å². The zero-order valence-electron chi connectivity index (χ0n) is 12.2. The fourth-order valence-corrected chi connectivity index (χ4v) is 2.86.